The highest BCUT2D eigenvalue weighted by Gasteiger charge is 2.23. The Balaban J connectivity index is 1.88. The topological polar surface area (TPSA) is 77.8 Å². The van der Waals surface area contributed by atoms with Crippen molar-refractivity contribution in [3.63, 3.8) is 0 Å². The molecule has 0 unspecified atom stereocenters. The summed E-state index contributed by atoms with van der Waals surface area (Å²) < 4.78 is 7.21. The minimum absolute atomic E-state index is 0.244. The molecule has 24 heavy (non-hydrogen) atoms. The van der Waals surface area contributed by atoms with E-state index in [-0.39, 0.29) is 5.54 Å². The van der Waals surface area contributed by atoms with Gasteiger partial charge in [0.2, 0.25) is 0 Å². The number of ether oxygens (including phenoxy) is 1. The van der Waals surface area contributed by atoms with Crippen molar-refractivity contribution in [2.24, 2.45) is 0 Å². The van der Waals surface area contributed by atoms with Crippen molar-refractivity contribution in [3.8, 4) is 5.75 Å². The van der Waals surface area contributed by atoms with Gasteiger partial charge in [-0.15, -0.1) is 5.10 Å². The first-order valence-electron chi connectivity index (χ1n) is 7.98. The van der Waals surface area contributed by atoms with Crippen molar-refractivity contribution < 1.29 is 4.74 Å². The van der Waals surface area contributed by atoms with Crippen LogP contribution in [0.25, 0.3) is 11.2 Å². The van der Waals surface area contributed by atoms with Crippen LogP contribution in [0.15, 0.2) is 30.6 Å². The molecule has 1 N–H and O–H groups in total. The average Bonchev–Trinajstić information content (AvgIpc) is 2.99. The molecule has 7 nitrogen and oxygen atoms in total. The lowest BCUT2D eigenvalue weighted by Crippen LogP contribution is -2.34. The van der Waals surface area contributed by atoms with E-state index in [9.17, 15) is 0 Å². The number of hydrogen-bond donors (Lipinski definition) is 1. The third-order valence-corrected chi connectivity index (χ3v) is 3.88. The number of benzene rings is 1. The lowest BCUT2D eigenvalue weighted by Gasteiger charge is -2.27. The van der Waals surface area contributed by atoms with E-state index in [4.69, 9.17) is 4.74 Å². The smallest absolute Gasteiger partial charge is 0.183 e. The molecule has 3 rings (SSSR count). The predicted octanol–water partition coefficient (Wildman–Crippen LogP) is 2.68. The van der Waals surface area contributed by atoms with Gasteiger partial charge >= 0.3 is 0 Å². The minimum atomic E-state index is -0.244. The number of para-hydroxylation sites is 1. The summed E-state index contributed by atoms with van der Waals surface area (Å²) in [6.45, 7) is 6.97. The number of nitrogens with zero attached hydrogens (tertiary/aromatic N) is 5. The largest absolute Gasteiger partial charge is 0.496 e. The van der Waals surface area contributed by atoms with Gasteiger partial charge in [-0.05, 0) is 38.8 Å². The standard InChI is InChI=1S/C17H22N6O/c1-5-23-16-14(21-22-23)15(18-11-19-16)20-17(2,3)10-12-8-6-7-9-13(12)24-4/h6-9,11H,5,10H2,1-4H3,(H,18,19,20). The van der Waals surface area contributed by atoms with Crippen LogP contribution in [-0.4, -0.2) is 37.6 Å². The number of fused-ring (bicyclic) bond motifs is 1. The lowest BCUT2D eigenvalue weighted by atomic mass is 9.94. The van der Waals surface area contributed by atoms with Gasteiger partial charge in [0.15, 0.2) is 17.0 Å². The zero-order valence-corrected chi connectivity index (χ0v) is 14.4. The maximum absolute atomic E-state index is 5.45. The Kier molecular flexibility index (Phi) is 4.33. The third kappa shape index (κ3) is 3.15. The summed E-state index contributed by atoms with van der Waals surface area (Å²) in [5.74, 6) is 1.58. The number of aryl methyl sites for hydroxylation is 1. The van der Waals surface area contributed by atoms with Crippen molar-refractivity contribution in [2.75, 3.05) is 12.4 Å². The van der Waals surface area contributed by atoms with Crippen LogP contribution in [0.4, 0.5) is 5.82 Å². The molecular weight excluding hydrogens is 304 g/mol. The molecule has 0 spiro atoms. The Morgan fingerprint density at radius 3 is 2.75 bits per heavy atom. The minimum Gasteiger partial charge on any atom is -0.496 e. The number of anilines is 1. The highest BCUT2D eigenvalue weighted by molar-refractivity contribution is 5.82. The Labute approximate surface area is 141 Å². The Morgan fingerprint density at radius 2 is 2.00 bits per heavy atom. The molecule has 0 saturated carbocycles. The zero-order chi connectivity index (χ0) is 17.2. The van der Waals surface area contributed by atoms with Crippen LogP contribution in [0.3, 0.4) is 0 Å². The van der Waals surface area contributed by atoms with Gasteiger partial charge in [0, 0.05) is 12.1 Å². The zero-order valence-electron chi connectivity index (χ0n) is 14.4. The predicted molar refractivity (Wildman–Crippen MR) is 93.2 cm³/mol. The van der Waals surface area contributed by atoms with Gasteiger partial charge in [-0.1, -0.05) is 23.4 Å². The highest BCUT2D eigenvalue weighted by Crippen LogP contribution is 2.26. The number of nitrogens with one attached hydrogen (secondary N) is 1. The summed E-state index contributed by atoms with van der Waals surface area (Å²) in [6.07, 6.45) is 2.32. The SMILES string of the molecule is CCn1nnc2c(NC(C)(C)Cc3ccccc3OC)ncnc21. The number of hydrogen-bond acceptors (Lipinski definition) is 6. The van der Waals surface area contributed by atoms with Gasteiger partial charge in [0.05, 0.1) is 7.11 Å². The maximum Gasteiger partial charge on any atom is 0.183 e. The van der Waals surface area contributed by atoms with Gasteiger partial charge in [-0.3, -0.25) is 0 Å². The van der Waals surface area contributed by atoms with E-state index < -0.39 is 0 Å². The summed E-state index contributed by atoms with van der Waals surface area (Å²) in [6, 6.07) is 8.04. The third-order valence-electron chi connectivity index (χ3n) is 3.88. The fourth-order valence-corrected chi connectivity index (χ4v) is 2.79. The summed E-state index contributed by atoms with van der Waals surface area (Å²) in [4.78, 5) is 8.64. The lowest BCUT2D eigenvalue weighted by molar-refractivity contribution is 0.405. The first kappa shape index (κ1) is 16.2. The average molecular weight is 326 g/mol. The van der Waals surface area contributed by atoms with E-state index in [1.807, 2.05) is 25.1 Å². The van der Waals surface area contributed by atoms with Gasteiger partial charge < -0.3 is 10.1 Å². The fourth-order valence-electron chi connectivity index (χ4n) is 2.79. The second-order valence-electron chi connectivity index (χ2n) is 6.30. The van der Waals surface area contributed by atoms with Crippen LogP contribution < -0.4 is 10.1 Å². The fraction of sp³-hybridized carbons (Fsp3) is 0.412. The molecule has 0 atom stereocenters. The van der Waals surface area contributed by atoms with E-state index in [1.165, 1.54) is 0 Å². The second-order valence-corrected chi connectivity index (χ2v) is 6.30. The molecule has 7 heteroatoms. The molecule has 2 aromatic heterocycles. The Morgan fingerprint density at radius 1 is 1.21 bits per heavy atom. The van der Waals surface area contributed by atoms with E-state index in [1.54, 1.807) is 18.1 Å². The van der Waals surface area contributed by atoms with Crippen LogP contribution in [0.1, 0.15) is 26.3 Å². The van der Waals surface area contributed by atoms with Gasteiger partial charge in [-0.2, -0.15) is 0 Å². The molecule has 0 radical (unpaired) electrons. The van der Waals surface area contributed by atoms with Crippen LogP contribution in [0.2, 0.25) is 0 Å². The van der Waals surface area contributed by atoms with Gasteiger partial charge in [0.1, 0.15) is 12.1 Å². The van der Waals surface area contributed by atoms with E-state index >= 15 is 0 Å². The van der Waals surface area contributed by atoms with E-state index in [2.05, 4.69) is 45.5 Å². The Bertz CT molecular complexity index is 842. The van der Waals surface area contributed by atoms with Crippen LogP contribution >= 0.6 is 0 Å². The molecule has 0 aliphatic rings. The molecule has 1 aromatic carbocycles. The maximum atomic E-state index is 5.45. The number of methoxy groups -OCH3 is 1. The number of aromatic nitrogens is 5. The molecule has 0 amide bonds. The molecule has 3 aromatic rings. The normalized spacial score (nSPS) is 11.7. The van der Waals surface area contributed by atoms with E-state index in [0.717, 1.165) is 29.9 Å². The molecule has 0 fully saturated rings. The van der Waals surface area contributed by atoms with Crippen molar-refractivity contribution in [1.82, 2.24) is 25.0 Å². The van der Waals surface area contributed by atoms with Crippen LogP contribution in [-0.2, 0) is 13.0 Å². The van der Waals surface area contributed by atoms with Gasteiger partial charge in [-0.25, -0.2) is 14.6 Å². The molecule has 126 valence electrons. The molecular formula is C17H22N6O. The monoisotopic (exact) mass is 326 g/mol. The molecule has 0 bridgehead atoms. The van der Waals surface area contributed by atoms with Crippen molar-refractivity contribution in [1.29, 1.82) is 0 Å². The van der Waals surface area contributed by atoms with Crippen molar-refractivity contribution >= 4 is 17.0 Å². The van der Waals surface area contributed by atoms with Crippen LogP contribution in [0, 0.1) is 0 Å². The summed E-state index contributed by atoms with van der Waals surface area (Å²) >= 11 is 0. The summed E-state index contributed by atoms with van der Waals surface area (Å²) in [7, 11) is 1.69. The van der Waals surface area contributed by atoms with Crippen molar-refractivity contribution in [2.45, 2.75) is 39.3 Å². The Hall–Kier alpha value is -2.70. The molecule has 0 saturated heterocycles. The summed E-state index contributed by atoms with van der Waals surface area (Å²) in [5, 5.41) is 11.8. The van der Waals surface area contributed by atoms with Gasteiger partial charge in [0.25, 0.3) is 0 Å². The quantitative estimate of drug-likeness (QED) is 0.750. The highest BCUT2D eigenvalue weighted by atomic mass is 16.5. The summed E-state index contributed by atoms with van der Waals surface area (Å²) in [5.41, 5.74) is 2.32. The molecule has 2 heterocycles. The first-order chi connectivity index (χ1) is 11.5. The first-order valence-corrected chi connectivity index (χ1v) is 7.98. The van der Waals surface area contributed by atoms with Crippen molar-refractivity contribution in [3.05, 3.63) is 36.2 Å². The van der Waals surface area contributed by atoms with E-state index in [0.29, 0.717) is 11.3 Å². The van der Waals surface area contributed by atoms with Crippen LogP contribution in [0.5, 0.6) is 5.75 Å². The second kappa shape index (κ2) is 6.43. The number of rotatable bonds is 6. The molecule has 0 aliphatic carbocycles. The molecule has 0 aliphatic heterocycles.